The molecule has 0 atom stereocenters. The van der Waals surface area contributed by atoms with Crippen molar-refractivity contribution < 1.29 is 14.5 Å². The Kier molecular flexibility index (Phi) is 5.00. The van der Waals surface area contributed by atoms with Crippen molar-refractivity contribution in [3.8, 4) is 16.9 Å². The summed E-state index contributed by atoms with van der Waals surface area (Å²) in [4.78, 5) is 23.6. The third-order valence-corrected chi connectivity index (χ3v) is 4.29. The summed E-state index contributed by atoms with van der Waals surface area (Å²) < 4.78 is 5.25. The molecule has 130 valence electrons. The Labute approximate surface area is 155 Å². The number of hydrogen-bond acceptors (Lipinski definition) is 4. The van der Waals surface area contributed by atoms with Gasteiger partial charge in [0.2, 0.25) is 0 Å². The molecule has 0 heterocycles. The quantitative estimate of drug-likeness (QED) is 0.355. The number of rotatable bonds is 5. The number of ketones is 1. The lowest BCUT2D eigenvalue weighted by Gasteiger charge is -2.12. The van der Waals surface area contributed by atoms with E-state index in [1.54, 1.807) is 54.6 Å². The summed E-state index contributed by atoms with van der Waals surface area (Å²) in [5.41, 5.74) is 1.79. The zero-order valence-electron chi connectivity index (χ0n) is 13.8. The second kappa shape index (κ2) is 7.37. The van der Waals surface area contributed by atoms with Crippen LogP contribution in [0.25, 0.3) is 11.1 Å². The molecule has 0 fully saturated rings. The van der Waals surface area contributed by atoms with Crippen molar-refractivity contribution in [3.63, 3.8) is 0 Å². The monoisotopic (exact) mass is 367 g/mol. The fourth-order valence-electron chi connectivity index (χ4n) is 2.66. The van der Waals surface area contributed by atoms with Crippen LogP contribution in [0.2, 0.25) is 5.02 Å². The SMILES string of the molecule is COc1ccc(C(=O)c2ccccc2Cl)c(-c2cccc([N+](=O)[O-])c2)c1. The van der Waals surface area contributed by atoms with Crippen molar-refractivity contribution in [2.24, 2.45) is 0 Å². The van der Waals surface area contributed by atoms with Gasteiger partial charge in [-0.3, -0.25) is 14.9 Å². The third-order valence-electron chi connectivity index (χ3n) is 3.96. The largest absolute Gasteiger partial charge is 0.497 e. The van der Waals surface area contributed by atoms with Gasteiger partial charge < -0.3 is 4.74 Å². The Morgan fingerprint density at radius 1 is 1.00 bits per heavy atom. The first-order valence-electron chi connectivity index (χ1n) is 7.73. The van der Waals surface area contributed by atoms with E-state index in [1.165, 1.54) is 19.2 Å². The summed E-state index contributed by atoms with van der Waals surface area (Å²) in [7, 11) is 1.52. The van der Waals surface area contributed by atoms with Crippen molar-refractivity contribution in [2.75, 3.05) is 7.11 Å². The zero-order chi connectivity index (χ0) is 18.7. The number of non-ortho nitro benzene ring substituents is 1. The molecule has 0 aliphatic heterocycles. The first kappa shape index (κ1) is 17.6. The van der Waals surface area contributed by atoms with E-state index in [1.807, 2.05) is 0 Å². The molecule has 0 N–H and O–H groups in total. The summed E-state index contributed by atoms with van der Waals surface area (Å²) in [6, 6.07) is 17.9. The van der Waals surface area contributed by atoms with Crippen LogP contribution in [0.5, 0.6) is 5.75 Å². The van der Waals surface area contributed by atoms with Gasteiger partial charge in [0.1, 0.15) is 5.75 Å². The molecular formula is C20H14ClNO4. The zero-order valence-corrected chi connectivity index (χ0v) is 14.6. The minimum Gasteiger partial charge on any atom is -0.497 e. The Hall–Kier alpha value is -3.18. The number of hydrogen-bond donors (Lipinski definition) is 0. The maximum Gasteiger partial charge on any atom is 0.270 e. The van der Waals surface area contributed by atoms with Crippen LogP contribution in [-0.2, 0) is 0 Å². The van der Waals surface area contributed by atoms with Gasteiger partial charge in [-0.15, -0.1) is 0 Å². The van der Waals surface area contributed by atoms with Crippen molar-refractivity contribution in [1.82, 2.24) is 0 Å². The van der Waals surface area contributed by atoms with E-state index in [0.717, 1.165) is 0 Å². The molecule has 0 spiro atoms. The number of nitro groups is 1. The van der Waals surface area contributed by atoms with Gasteiger partial charge >= 0.3 is 0 Å². The van der Waals surface area contributed by atoms with Gasteiger partial charge in [0.15, 0.2) is 5.78 Å². The summed E-state index contributed by atoms with van der Waals surface area (Å²) >= 11 is 6.16. The van der Waals surface area contributed by atoms with Crippen LogP contribution in [0.4, 0.5) is 5.69 Å². The van der Waals surface area contributed by atoms with E-state index >= 15 is 0 Å². The van der Waals surface area contributed by atoms with Crippen LogP contribution >= 0.6 is 11.6 Å². The third kappa shape index (κ3) is 3.43. The summed E-state index contributed by atoms with van der Waals surface area (Å²) in [6.45, 7) is 0. The molecule has 0 aliphatic carbocycles. The lowest BCUT2D eigenvalue weighted by atomic mass is 9.93. The molecule has 3 rings (SSSR count). The second-order valence-corrected chi connectivity index (χ2v) is 5.94. The molecular weight excluding hydrogens is 354 g/mol. The molecule has 0 unspecified atom stereocenters. The van der Waals surface area contributed by atoms with Gasteiger partial charge in [-0.05, 0) is 41.5 Å². The standard InChI is InChI=1S/C20H14ClNO4/c1-26-15-9-10-16(20(23)17-7-2-3-8-19(17)21)18(12-15)13-5-4-6-14(11-13)22(24)25/h2-12H,1H3. The fraction of sp³-hybridized carbons (Fsp3) is 0.0500. The van der Waals surface area contributed by atoms with Crippen LogP contribution < -0.4 is 4.74 Å². The number of benzene rings is 3. The van der Waals surface area contributed by atoms with Crippen molar-refractivity contribution >= 4 is 23.1 Å². The van der Waals surface area contributed by atoms with E-state index in [9.17, 15) is 14.9 Å². The van der Waals surface area contributed by atoms with E-state index in [-0.39, 0.29) is 11.5 Å². The Balaban J connectivity index is 2.18. The van der Waals surface area contributed by atoms with Crippen LogP contribution in [0.1, 0.15) is 15.9 Å². The summed E-state index contributed by atoms with van der Waals surface area (Å²) in [6.07, 6.45) is 0. The van der Waals surface area contributed by atoms with Crippen molar-refractivity contribution in [3.05, 3.63) is 93.0 Å². The first-order valence-corrected chi connectivity index (χ1v) is 8.11. The Morgan fingerprint density at radius 2 is 1.77 bits per heavy atom. The highest BCUT2D eigenvalue weighted by molar-refractivity contribution is 6.35. The lowest BCUT2D eigenvalue weighted by molar-refractivity contribution is -0.384. The van der Waals surface area contributed by atoms with Gasteiger partial charge in [-0.2, -0.15) is 0 Å². The number of methoxy groups -OCH3 is 1. The van der Waals surface area contributed by atoms with Crippen molar-refractivity contribution in [2.45, 2.75) is 0 Å². The van der Waals surface area contributed by atoms with E-state index in [2.05, 4.69) is 0 Å². The number of ether oxygens (including phenoxy) is 1. The van der Waals surface area contributed by atoms with Gasteiger partial charge in [0.25, 0.3) is 5.69 Å². The molecule has 5 nitrogen and oxygen atoms in total. The van der Waals surface area contributed by atoms with Crippen LogP contribution in [0, 0.1) is 10.1 Å². The summed E-state index contributed by atoms with van der Waals surface area (Å²) in [5, 5.41) is 11.4. The summed E-state index contributed by atoms with van der Waals surface area (Å²) in [5.74, 6) is 0.280. The molecule has 6 heteroatoms. The lowest BCUT2D eigenvalue weighted by Crippen LogP contribution is -2.05. The number of nitrogens with zero attached hydrogens (tertiary/aromatic N) is 1. The number of carbonyl (C=O) groups is 1. The molecule has 0 aliphatic rings. The first-order chi connectivity index (χ1) is 12.5. The molecule has 0 saturated carbocycles. The minimum atomic E-state index is -0.473. The molecule has 0 amide bonds. The van der Waals surface area contributed by atoms with Gasteiger partial charge in [0.05, 0.1) is 17.1 Å². The highest BCUT2D eigenvalue weighted by atomic mass is 35.5. The van der Waals surface area contributed by atoms with E-state index in [4.69, 9.17) is 16.3 Å². The molecule has 0 radical (unpaired) electrons. The number of nitro benzene ring substituents is 1. The average molecular weight is 368 g/mol. The normalized spacial score (nSPS) is 10.4. The Morgan fingerprint density at radius 3 is 2.46 bits per heavy atom. The van der Waals surface area contributed by atoms with Gasteiger partial charge in [-0.25, -0.2) is 0 Å². The van der Waals surface area contributed by atoms with Gasteiger partial charge in [0, 0.05) is 23.3 Å². The van der Waals surface area contributed by atoms with Crippen LogP contribution in [0.3, 0.4) is 0 Å². The maximum atomic E-state index is 13.0. The fourth-order valence-corrected chi connectivity index (χ4v) is 2.89. The highest BCUT2D eigenvalue weighted by Crippen LogP contribution is 2.32. The van der Waals surface area contributed by atoms with Crippen LogP contribution in [-0.4, -0.2) is 17.8 Å². The average Bonchev–Trinajstić information content (AvgIpc) is 2.67. The number of carbonyl (C=O) groups excluding carboxylic acids is 1. The highest BCUT2D eigenvalue weighted by Gasteiger charge is 2.19. The minimum absolute atomic E-state index is 0.0542. The molecule has 3 aromatic carbocycles. The molecule has 0 saturated heterocycles. The molecule has 26 heavy (non-hydrogen) atoms. The Bertz CT molecular complexity index is 1000. The van der Waals surface area contributed by atoms with Crippen molar-refractivity contribution in [1.29, 1.82) is 0 Å². The molecule has 0 aromatic heterocycles. The predicted octanol–water partition coefficient (Wildman–Crippen LogP) is 5.15. The smallest absolute Gasteiger partial charge is 0.270 e. The van der Waals surface area contributed by atoms with Crippen LogP contribution in [0.15, 0.2) is 66.7 Å². The molecule has 3 aromatic rings. The topological polar surface area (TPSA) is 69.4 Å². The van der Waals surface area contributed by atoms with E-state index < -0.39 is 4.92 Å². The number of halogens is 1. The maximum absolute atomic E-state index is 13.0. The second-order valence-electron chi connectivity index (χ2n) is 5.53. The molecule has 0 bridgehead atoms. The van der Waals surface area contributed by atoms with Gasteiger partial charge in [-0.1, -0.05) is 35.9 Å². The predicted molar refractivity (Wildman–Crippen MR) is 100.0 cm³/mol. The van der Waals surface area contributed by atoms with E-state index in [0.29, 0.717) is 33.0 Å².